The van der Waals surface area contributed by atoms with Crippen molar-refractivity contribution < 1.29 is 9.53 Å². The second-order valence-electron chi connectivity index (χ2n) is 4.75. The lowest BCUT2D eigenvalue weighted by Crippen LogP contribution is -2.23. The van der Waals surface area contributed by atoms with Crippen LogP contribution in [-0.4, -0.2) is 28.8 Å². The van der Waals surface area contributed by atoms with Crippen molar-refractivity contribution in [3.05, 3.63) is 48.3 Å². The van der Waals surface area contributed by atoms with E-state index in [4.69, 9.17) is 4.74 Å². The average molecular weight is 256 g/mol. The van der Waals surface area contributed by atoms with Crippen molar-refractivity contribution in [1.29, 1.82) is 0 Å². The molecule has 1 aromatic heterocycles. The van der Waals surface area contributed by atoms with E-state index in [1.165, 1.54) is 0 Å². The lowest BCUT2D eigenvalue weighted by atomic mass is 9.91. The first-order valence-corrected chi connectivity index (χ1v) is 6.56. The number of rotatable bonds is 3. The number of benzene rings is 1. The summed E-state index contributed by atoms with van der Waals surface area (Å²) >= 11 is 0. The number of ether oxygens (including phenoxy) is 1. The number of hydrogen-bond donors (Lipinski definition) is 0. The van der Waals surface area contributed by atoms with E-state index in [2.05, 4.69) is 5.10 Å². The van der Waals surface area contributed by atoms with Crippen molar-refractivity contribution in [2.45, 2.75) is 12.8 Å². The van der Waals surface area contributed by atoms with Crippen LogP contribution < -0.4 is 0 Å². The summed E-state index contributed by atoms with van der Waals surface area (Å²) in [6, 6.07) is 9.51. The lowest BCUT2D eigenvalue weighted by molar-refractivity contribution is 0.0545. The minimum absolute atomic E-state index is 0.0987. The van der Waals surface area contributed by atoms with Crippen molar-refractivity contribution in [3.63, 3.8) is 0 Å². The molecule has 0 bridgehead atoms. The van der Waals surface area contributed by atoms with Gasteiger partial charge >= 0.3 is 0 Å². The third kappa shape index (κ3) is 2.58. The van der Waals surface area contributed by atoms with Gasteiger partial charge in [-0.3, -0.25) is 4.79 Å². The Balaban J connectivity index is 1.84. The van der Waals surface area contributed by atoms with E-state index in [0.29, 0.717) is 13.2 Å². The molecule has 0 N–H and O–H groups in total. The van der Waals surface area contributed by atoms with Crippen LogP contribution in [0, 0.1) is 5.92 Å². The fourth-order valence-corrected chi connectivity index (χ4v) is 2.42. The van der Waals surface area contributed by atoms with E-state index in [-0.39, 0.29) is 11.7 Å². The van der Waals surface area contributed by atoms with Gasteiger partial charge in [0.1, 0.15) is 0 Å². The summed E-state index contributed by atoms with van der Waals surface area (Å²) in [5, 5.41) is 4.18. The second-order valence-corrected chi connectivity index (χ2v) is 4.75. The van der Waals surface area contributed by atoms with Gasteiger partial charge in [-0.05, 0) is 31.0 Å². The fourth-order valence-electron chi connectivity index (χ4n) is 2.42. The molecule has 1 aliphatic rings. The van der Waals surface area contributed by atoms with Gasteiger partial charge in [0.15, 0.2) is 5.78 Å². The minimum Gasteiger partial charge on any atom is -0.381 e. The van der Waals surface area contributed by atoms with Gasteiger partial charge in [0.05, 0.1) is 5.69 Å². The first kappa shape index (κ1) is 12.1. The first-order valence-electron chi connectivity index (χ1n) is 6.56. The number of ketones is 1. The Morgan fingerprint density at radius 3 is 2.84 bits per heavy atom. The zero-order chi connectivity index (χ0) is 13.1. The highest BCUT2D eigenvalue weighted by molar-refractivity contribution is 5.98. The van der Waals surface area contributed by atoms with Crippen LogP contribution in [0.2, 0.25) is 0 Å². The number of carbonyl (C=O) groups excluding carboxylic acids is 1. The van der Waals surface area contributed by atoms with Crippen LogP contribution in [0.25, 0.3) is 5.69 Å². The number of aromatic nitrogens is 2. The molecule has 2 aromatic rings. The second kappa shape index (κ2) is 5.36. The van der Waals surface area contributed by atoms with Gasteiger partial charge in [0.25, 0.3) is 0 Å². The Labute approximate surface area is 112 Å². The van der Waals surface area contributed by atoms with Crippen molar-refractivity contribution in [2.24, 2.45) is 5.92 Å². The van der Waals surface area contributed by atoms with E-state index in [9.17, 15) is 4.79 Å². The van der Waals surface area contributed by atoms with Crippen LogP contribution in [0.1, 0.15) is 23.2 Å². The molecule has 1 aromatic carbocycles. The van der Waals surface area contributed by atoms with E-state index in [1.807, 2.05) is 36.5 Å². The summed E-state index contributed by atoms with van der Waals surface area (Å²) < 4.78 is 7.07. The highest BCUT2D eigenvalue weighted by Gasteiger charge is 2.22. The predicted octanol–water partition coefficient (Wildman–Crippen LogP) is 2.48. The molecular formula is C15H16N2O2. The topological polar surface area (TPSA) is 44.1 Å². The zero-order valence-electron chi connectivity index (χ0n) is 10.7. The van der Waals surface area contributed by atoms with Crippen LogP contribution in [0.4, 0.5) is 0 Å². The zero-order valence-corrected chi connectivity index (χ0v) is 10.7. The normalized spacial score (nSPS) is 16.4. The van der Waals surface area contributed by atoms with Crippen molar-refractivity contribution in [3.8, 4) is 5.69 Å². The van der Waals surface area contributed by atoms with Gasteiger partial charge in [-0.25, -0.2) is 4.68 Å². The molecule has 4 nitrogen and oxygen atoms in total. The number of hydrogen-bond acceptors (Lipinski definition) is 3. The average Bonchev–Trinajstić information content (AvgIpc) is 3.02. The standard InChI is InChI=1S/C15H16N2O2/c18-15(12-5-9-19-10-6-12)13-3-1-4-14(11-13)17-8-2-7-16-17/h1-4,7-8,11-12H,5-6,9-10H2. The van der Waals surface area contributed by atoms with E-state index >= 15 is 0 Å². The Bertz CT molecular complexity index is 557. The molecule has 1 aliphatic heterocycles. The third-order valence-electron chi connectivity index (χ3n) is 3.49. The summed E-state index contributed by atoms with van der Waals surface area (Å²) in [4.78, 5) is 12.4. The first-order chi connectivity index (χ1) is 9.34. The Kier molecular flexibility index (Phi) is 3.42. The largest absolute Gasteiger partial charge is 0.381 e. The Hall–Kier alpha value is -1.94. The van der Waals surface area contributed by atoms with Crippen LogP contribution in [-0.2, 0) is 4.74 Å². The molecule has 0 aliphatic carbocycles. The Morgan fingerprint density at radius 2 is 2.11 bits per heavy atom. The summed E-state index contributed by atoms with van der Waals surface area (Å²) in [7, 11) is 0. The quantitative estimate of drug-likeness (QED) is 0.792. The van der Waals surface area contributed by atoms with Crippen molar-refractivity contribution in [1.82, 2.24) is 9.78 Å². The SMILES string of the molecule is O=C(c1cccc(-n2cccn2)c1)C1CCOCC1. The van der Waals surface area contributed by atoms with Gasteiger partial charge in [0.2, 0.25) is 0 Å². The maximum Gasteiger partial charge on any atom is 0.166 e. The molecule has 4 heteroatoms. The van der Waals surface area contributed by atoms with Gasteiger partial charge in [-0.15, -0.1) is 0 Å². The maximum absolute atomic E-state index is 12.4. The molecule has 0 saturated carbocycles. The molecule has 1 fully saturated rings. The van der Waals surface area contributed by atoms with Gasteiger partial charge in [-0.2, -0.15) is 5.10 Å². The molecule has 0 radical (unpaired) electrons. The van der Waals surface area contributed by atoms with E-state index in [0.717, 1.165) is 24.1 Å². The molecule has 0 unspecified atom stereocenters. The summed E-state index contributed by atoms with van der Waals surface area (Å²) in [6.45, 7) is 1.38. The number of nitrogens with zero attached hydrogens (tertiary/aromatic N) is 2. The summed E-state index contributed by atoms with van der Waals surface area (Å²) in [5.74, 6) is 0.318. The maximum atomic E-state index is 12.4. The van der Waals surface area contributed by atoms with Crippen LogP contribution in [0.5, 0.6) is 0 Å². The number of Topliss-reactive ketones (excluding diaryl/α,β-unsaturated/α-hetero) is 1. The van der Waals surface area contributed by atoms with Crippen LogP contribution >= 0.6 is 0 Å². The minimum atomic E-state index is 0.0987. The van der Waals surface area contributed by atoms with Gasteiger partial charge in [-0.1, -0.05) is 12.1 Å². The van der Waals surface area contributed by atoms with E-state index < -0.39 is 0 Å². The number of carbonyl (C=O) groups is 1. The highest BCUT2D eigenvalue weighted by Crippen LogP contribution is 2.21. The predicted molar refractivity (Wildman–Crippen MR) is 71.4 cm³/mol. The smallest absolute Gasteiger partial charge is 0.166 e. The van der Waals surface area contributed by atoms with Crippen molar-refractivity contribution in [2.75, 3.05) is 13.2 Å². The summed E-state index contributed by atoms with van der Waals surface area (Å²) in [5.41, 5.74) is 1.68. The molecule has 1 saturated heterocycles. The summed E-state index contributed by atoms with van der Waals surface area (Å²) in [6.07, 6.45) is 5.25. The van der Waals surface area contributed by atoms with Crippen LogP contribution in [0.15, 0.2) is 42.7 Å². The lowest BCUT2D eigenvalue weighted by Gasteiger charge is -2.21. The molecular weight excluding hydrogens is 240 g/mol. The molecule has 98 valence electrons. The fraction of sp³-hybridized carbons (Fsp3) is 0.333. The van der Waals surface area contributed by atoms with E-state index in [1.54, 1.807) is 10.9 Å². The van der Waals surface area contributed by atoms with Gasteiger partial charge in [0, 0.05) is 37.1 Å². The molecule has 0 atom stereocenters. The van der Waals surface area contributed by atoms with Gasteiger partial charge < -0.3 is 4.74 Å². The molecule has 0 amide bonds. The molecule has 2 heterocycles. The molecule has 3 rings (SSSR count). The van der Waals surface area contributed by atoms with Crippen LogP contribution in [0.3, 0.4) is 0 Å². The molecule has 0 spiro atoms. The monoisotopic (exact) mass is 256 g/mol. The molecule has 19 heavy (non-hydrogen) atoms. The Morgan fingerprint density at radius 1 is 1.26 bits per heavy atom. The van der Waals surface area contributed by atoms with Crippen molar-refractivity contribution >= 4 is 5.78 Å². The highest BCUT2D eigenvalue weighted by atomic mass is 16.5. The third-order valence-corrected chi connectivity index (χ3v) is 3.49.